The Hall–Kier alpha value is -0.760. The molecule has 1 aliphatic rings. The van der Waals surface area contributed by atoms with Gasteiger partial charge in [0.05, 0.1) is 8.49 Å². The van der Waals surface area contributed by atoms with Crippen LogP contribution in [0.25, 0.3) is 0 Å². The second-order valence-electron chi connectivity index (χ2n) is 4.86. The maximum absolute atomic E-state index is 13.6. The highest BCUT2D eigenvalue weighted by Gasteiger charge is 2.32. The van der Waals surface area contributed by atoms with Crippen molar-refractivity contribution < 1.29 is 9.31 Å². The molecule has 0 saturated heterocycles. The molecule has 0 amide bonds. The fraction of sp³-hybridized carbons (Fsp3) is 0.538. The molecule has 1 fully saturated rings. The van der Waals surface area contributed by atoms with Gasteiger partial charge in [-0.05, 0) is 60.4 Å². The summed E-state index contributed by atoms with van der Waals surface area (Å²) in [4.78, 5) is 10.6. The van der Waals surface area contributed by atoms with Gasteiger partial charge in [0.2, 0.25) is 0 Å². The molecular formula is C13H16FIN2O2. The Bertz CT molecular complexity index is 492. The van der Waals surface area contributed by atoms with Gasteiger partial charge in [0.15, 0.2) is 0 Å². The van der Waals surface area contributed by atoms with Gasteiger partial charge in [-0.2, -0.15) is 0 Å². The third-order valence-electron chi connectivity index (χ3n) is 3.42. The lowest BCUT2D eigenvalue weighted by Crippen LogP contribution is -2.33. The maximum Gasteiger partial charge on any atom is 0.273 e. The average Bonchev–Trinajstić information content (AvgIpc) is 3.16. The summed E-state index contributed by atoms with van der Waals surface area (Å²) in [5.41, 5.74) is 0.509. The lowest BCUT2D eigenvalue weighted by atomic mass is 10.0. The molecule has 1 atom stereocenters. The first kappa shape index (κ1) is 14.6. The number of nitrogens with zero attached hydrogens (tertiary/aromatic N) is 1. The standard InChI is InChI=1S/C13H16FIN2O2/c1-2-16-12(8-3-4-8)6-9-5-10(14)11(15)7-13(9)17(18)19/h5,7-8,12,16H,2-4,6H2,1H3. The lowest BCUT2D eigenvalue weighted by Gasteiger charge is -2.17. The summed E-state index contributed by atoms with van der Waals surface area (Å²) in [6.07, 6.45) is 2.82. The number of likely N-dealkylation sites (N-methyl/N-ethyl adjacent to an activating group) is 1. The van der Waals surface area contributed by atoms with Gasteiger partial charge in [0.1, 0.15) is 5.82 Å². The average molecular weight is 378 g/mol. The molecule has 1 unspecified atom stereocenters. The van der Waals surface area contributed by atoms with Crippen molar-refractivity contribution in [2.24, 2.45) is 5.92 Å². The maximum atomic E-state index is 13.6. The van der Waals surface area contributed by atoms with Crippen LogP contribution in [0.3, 0.4) is 0 Å². The van der Waals surface area contributed by atoms with Gasteiger partial charge in [-0.1, -0.05) is 6.92 Å². The fourth-order valence-electron chi connectivity index (χ4n) is 2.31. The summed E-state index contributed by atoms with van der Waals surface area (Å²) >= 11 is 1.78. The summed E-state index contributed by atoms with van der Waals surface area (Å²) in [5, 5.41) is 14.4. The van der Waals surface area contributed by atoms with E-state index in [0.717, 1.165) is 19.4 Å². The number of benzene rings is 1. The Kier molecular flexibility index (Phi) is 4.72. The Morgan fingerprint density at radius 2 is 2.26 bits per heavy atom. The van der Waals surface area contributed by atoms with E-state index in [1.54, 1.807) is 22.6 Å². The summed E-state index contributed by atoms with van der Waals surface area (Å²) in [7, 11) is 0. The minimum absolute atomic E-state index is 0.0225. The molecule has 6 heteroatoms. The van der Waals surface area contributed by atoms with Gasteiger partial charge in [0.25, 0.3) is 5.69 Å². The Morgan fingerprint density at radius 1 is 1.58 bits per heavy atom. The lowest BCUT2D eigenvalue weighted by molar-refractivity contribution is -0.385. The van der Waals surface area contributed by atoms with E-state index in [9.17, 15) is 14.5 Å². The van der Waals surface area contributed by atoms with E-state index < -0.39 is 4.92 Å². The van der Waals surface area contributed by atoms with Crippen molar-refractivity contribution in [3.63, 3.8) is 0 Å². The molecule has 0 spiro atoms. The first-order valence-electron chi connectivity index (χ1n) is 6.38. The van der Waals surface area contributed by atoms with Gasteiger partial charge >= 0.3 is 0 Å². The summed E-state index contributed by atoms with van der Waals surface area (Å²) < 4.78 is 13.9. The molecule has 0 aliphatic heterocycles. The van der Waals surface area contributed by atoms with Crippen LogP contribution in [-0.4, -0.2) is 17.5 Å². The summed E-state index contributed by atoms with van der Waals surface area (Å²) in [5.74, 6) is 0.189. The highest BCUT2D eigenvalue weighted by molar-refractivity contribution is 14.1. The fourth-order valence-corrected chi connectivity index (χ4v) is 2.76. The van der Waals surface area contributed by atoms with E-state index in [1.165, 1.54) is 12.1 Å². The smallest absolute Gasteiger partial charge is 0.273 e. The molecule has 0 heterocycles. The van der Waals surface area contributed by atoms with Crippen molar-refractivity contribution >= 4 is 28.3 Å². The Morgan fingerprint density at radius 3 is 2.79 bits per heavy atom. The summed E-state index contributed by atoms with van der Waals surface area (Å²) in [6.45, 7) is 2.83. The predicted octanol–water partition coefficient (Wildman–Crippen LogP) is 3.27. The van der Waals surface area contributed by atoms with E-state index in [0.29, 0.717) is 21.5 Å². The molecule has 1 saturated carbocycles. The van der Waals surface area contributed by atoms with Crippen LogP contribution in [0.4, 0.5) is 10.1 Å². The zero-order valence-electron chi connectivity index (χ0n) is 10.7. The SMILES string of the molecule is CCNC(Cc1cc(F)c(I)cc1[N+](=O)[O-])C1CC1. The zero-order valence-corrected chi connectivity index (χ0v) is 12.8. The molecule has 104 valence electrons. The molecule has 1 aromatic rings. The Balaban J connectivity index is 2.26. The minimum Gasteiger partial charge on any atom is -0.314 e. The molecule has 0 bridgehead atoms. The monoisotopic (exact) mass is 378 g/mol. The molecule has 1 aromatic carbocycles. The number of hydrogen-bond acceptors (Lipinski definition) is 3. The van der Waals surface area contributed by atoms with Crippen molar-refractivity contribution in [3.8, 4) is 0 Å². The second kappa shape index (κ2) is 6.13. The zero-order chi connectivity index (χ0) is 14.0. The molecular weight excluding hydrogens is 362 g/mol. The number of nitrogens with one attached hydrogen (secondary N) is 1. The van der Waals surface area contributed by atoms with Crippen LogP contribution < -0.4 is 5.32 Å². The van der Waals surface area contributed by atoms with Gasteiger partial charge in [-0.15, -0.1) is 0 Å². The van der Waals surface area contributed by atoms with E-state index in [1.807, 2.05) is 6.92 Å². The third kappa shape index (κ3) is 3.62. The van der Waals surface area contributed by atoms with E-state index >= 15 is 0 Å². The van der Waals surface area contributed by atoms with Crippen LogP contribution in [-0.2, 0) is 6.42 Å². The first-order chi connectivity index (χ1) is 9.02. The van der Waals surface area contributed by atoms with Gasteiger partial charge in [0, 0.05) is 17.7 Å². The van der Waals surface area contributed by atoms with Crippen molar-refractivity contribution in [1.82, 2.24) is 5.32 Å². The third-order valence-corrected chi connectivity index (χ3v) is 4.24. The van der Waals surface area contributed by atoms with Crippen molar-refractivity contribution in [1.29, 1.82) is 0 Å². The molecule has 1 aliphatic carbocycles. The number of nitro benzene ring substituents is 1. The molecule has 4 nitrogen and oxygen atoms in total. The first-order valence-corrected chi connectivity index (χ1v) is 7.46. The number of rotatable bonds is 6. The number of halogens is 2. The predicted molar refractivity (Wildman–Crippen MR) is 79.7 cm³/mol. The number of nitro groups is 1. The normalized spacial score (nSPS) is 16.4. The highest BCUT2D eigenvalue weighted by Crippen LogP contribution is 2.35. The summed E-state index contributed by atoms with van der Waals surface area (Å²) in [6, 6.07) is 2.84. The second-order valence-corrected chi connectivity index (χ2v) is 6.02. The molecule has 1 N–H and O–H groups in total. The van der Waals surface area contributed by atoms with Gasteiger partial charge in [-0.3, -0.25) is 10.1 Å². The largest absolute Gasteiger partial charge is 0.314 e. The van der Waals surface area contributed by atoms with Crippen LogP contribution in [0.15, 0.2) is 12.1 Å². The van der Waals surface area contributed by atoms with Crippen LogP contribution in [0.5, 0.6) is 0 Å². The van der Waals surface area contributed by atoms with E-state index in [-0.39, 0.29) is 17.5 Å². The van der Waals surface area contributed by atoms with Crippen LogP contribution in [0, 0.1) is 25.4 Å². The van der Waals surface area contributed by atoms with Crippen molar-refractivity contribution in [2.75, 3.05) is 6.54 Å². The molecule has 0 aromatic heterocycles. The van der Waals surface area contributed by atoms with Crippen molar-refractivity contribution in [3.05, 3.63) is 37.2 Å². The van der Waals surface area contributed by atoms with E-state index in [4.69, 9.17) is 0 Å². The Labute approximate surface area is 125 Å². The molecule has 2 rings (SSSR count). The van der Waals surface area contributed by atoms with E-state index in [2.05, 4.69) is 5.32 Å². The van der Waals surface area contributed by atoms with Crippen LogP contribution >= 0.6 is 22.6 Å². The van der Waals surface area contributed by atoms with Gasteiger partial charge in [-0.25, -0.2) is 4.39 Å². The quantitative estimate of drug-likeness (QED) is 0.470. The molecule has 19 heavy (non-hydrogen) atoms. The van der Waals surface area contributed by atoms with Crippen LogP contribution in [0.2, 0.25) is 0 Å². The van der Waals surface area contributed by atoms with Crippen LogP contribution in [0.1, 0.15) is 25.3 Å². The highest BCUT2D eigenvalue weighted by atomic mass is 127. The molecule has 0 radical (unpaired) electrons. The topological polar surface area (TPSA) is 55.2 Å². The van der Waals surface area contributed by atoms with Crippen molar-refractivity contribution in [2.45, 2.75) is 32.2 Å². The number of hydrogen-bond donors (Lipinski definition) is 1. The van der Waals surface area contributed by atoms with Gasteiger partial charge < -0.3 is 5.32 Å². The minimum atomic E-state index is -0.424.